The smallest absolute Gasteiger partial charge is 0.226 e. The SMILES string of the molecule is CC[C@@H](C)Nc1nc(Cl)nc2c1ccn2COCC[Si](C)(C)C. The zero-order valence-corrected chi connectivity index (χ0v) is 16.4. The Bertz CT molecular complexity index is 653. The van der Waals surface area contributed by atoms with Gasteiger partial charge < -0.3 is 14.6 Å². The Kier molecular flexibility index (Phi) is 6.05. The molecule has 2 rings (SSSR count). The predicted molar refractivity (Wildman–Crippen MR) is 100 cm³/mol. The van der Waals surface area contributed by atoms with Gasteiger partial charge in [-0.3, -0.25) is 0 Å². The van der Waals surface area contributed by atoms with Crippen LogP contribution < -0.4 is 5.32 Å². The summed E-state index contributed by atoms with van der Waals surface area (Å²) in [5.41, 5.74) is 0.809. The first-order chi connectivity index (χ1) is 10.8. The van der Waals surface area contributed by atoms with Gasteiger partial charge in [-0.1, -0.05) is 26.6 Å². The molecule has 0 aliphatic rings. The van der Waals surface area contributed by atoms with Crippen LogP contribution in [0.2, 0.25) is 31.0 Å². The molecule has 2 aromatic heterocycles. The van der Waals surface area contributed by atoms with E-state index in [-0.39, 0.29) is 5.28 Å². The summed E-state index contributed by atoms with van der Waals surface area (Å²) in [5, 5.41) is 4.62. The number of fused-ring (bicyclic) bond motifs is 1. The quantitative estimate of drug-likeness (QED) is 0.427. The number of aromatic nitrogens is 3. The highest BCUT2D eigenvalue weighted by atomic mass is 35.5. The normalized spacial score (nSPS) is 13.5. The molecular formula is C16H27ClN4OSi. The highest BCUT2D eigenvalue weighted by molar-refractivity contribution is 6.76. The van der Waals surface area contributed by atoms with Crippen molar-refractivity contribution < 1.29 is 4.74 Å². The van der Waals surface area contributed by atoms with Gasteiger partial charge in [-0.05, 0) is 37.1 Å². The molecule has 2 aromatic rings. The molecule has 0 amide bonds. The predicted octanol–water partition coefficient (Wildman–Crippen LogP) is 4.61. The second-order valence-electron chi connectivity index (χ2n) is 7.17. The van der Waals surface area contributed by atoms with Crippen LogP contribution in [0.3, 0.4) is 0 Å². The lowest BCUT2D eigenvalue weighted by Crippen LogP contribution is -2.22. The Morgan fingerprint density at radius 3 is 2.74 bits per heavy atom. The Morgan fingerprint density at radius 2 is 2.09 bits per heavy atom. The molecule has 0 spiro atoms. The van der Waals surface area contributed by atoms with Crippen molar-refractivity contribution in [2.45, 2.75) is 58.7 Å². The van der Waals surface area contributed by atoms with Crippen molar-refractivity contribution in [3.05, 3.63) is 17.5 Å². The molecule has 0 bridgehead atoms. The molecule has 0 fully saturated rings. The van der Waals surface area contributed by atoms with E-state index in [9.17, 15) is 0 Å². The Hall–Kier alpha value is -1.11. The molecule has 1 atom stereocenters. The third-order valence-electron chi connectivity index (χ3n) is 3.81. The molecule has 0 saturated heterocycles. The number of hydrogen-bond acceptors (Lipinski definition) is 4. The first kappa shape index (κ1) is 18.2. The van der Waals surface area contributed by atoms with Crippen LogP contribution in [0.15, 0.2) is 12.3 Å². The van der Waals surface area contributed by atoms with Crippen molar-refractivity contribution in [3.8, 4) is 0 Å². The molecule has 5 nitrogen and oxygen atoms in total. The van der Waals surface area contributed by atoms with Crippen LogP contribution in [-0.2, 0) is 11.5 Å². The van der Waals surface area contributed by atoms with E-state index in [1.54, 1.807) is 0 Å². The Labute approximate surface area is 144 Å². The molecule has 7 heteroatoms. The maximum atomic E-state index is 6.09. The zero-order chi connectivity index (χ0) is 17.0. The average molecular weight is 355 g/mol. The number of nitrogens with zero attached hydrogens (tertiary/aromatic N) is 3. The number of nitrogens with one attached hydrogen (secondary N) is 1. The highest BCUT2D eigenvalue weighted by Crippen LogP contribution is 2.24. The molecule has 2 heterocycles. The van der Waals surface area contributed by atoms with Crippen molar-refractivity contribution in [1.29, 1.82) is 0 Å². The number of hydrogen-bond donors (Lipinski definition) is 1. The van der Waals surface area contributed by atoms with Crippen LogP contribution in [0.4, 0.5) is 5.82 Å². The molecule has 0 radical (unpaired) electrons. The minimum absolute atomic E-state index is 0.255. The minimum atomic E-state index is -1.06. The van der Waals surface area contributed by atoms with E-state index in [2.05, 4.69) is 48.8 Å². The van der Waals surface area contributed by atoms with Crippen molar-refractivity contribution in [2.24, 2.45) is 0 Å². The standard InChI is InChI=1S/C16H27ClN4OSi/c1-6-12(2)18-14-13-7-8-21(15(13)20-16(17)19-14)11-22-9-10-23(3,4)5/h7-8,12H,6,9-11H2,1-5H3,(H,18,19,20)/t12-/m1/s1. The molecule has 0 aromatic carbocycles. The van der Waals surface area contributed by atoms with Crippen LogP contribution >= 0.6 is 11.6 Å². The van der Waals surface area contributed by atoms with Gasteiger partial charge >= 0.3 is 0 Å². The lowest BCUT2D eigenvalue weighted by molar-refractivity contribution is 0.0899. The monoisotopic (exact) mass is 354 g/mol. The number of rotatable bonds is 8. The van der Waals surface area contributed by atoms with Gasteiger partial charge in [-0.2, -0.15) is 4.98 Å². The second kappa shape index (κ2) is 7.64. The van der Waals surface area contributed by atoms with Crippen LogP contribution in [0.25, 0.3) is 11.0 Å². The van der Waals surface area contributed by atoms with Gasteiger partial charge in [0.05, 0.1) is 5.39 Å². The van der Waals surface area contributed by atoms with Crippen LogP contribution in [0.5, 0.6) is 0 Å². The number of halogens is 1. The van der Waals surface area contributed by atoms with Gasteiger partial charge in [0.2, 0.25) is 5.28 Å². The van der Waals surface area contributed by atoms with Crippen LogP contribution in [-0.4, -0.2) is 35.3 Å². The van der Waals surface area contributed by atoms with Gasteiger partial charge in [-0.15, -0.1) is 0 Å². The van der Waals surface area contributed by atoms with Crippen molar-refractivity contribution in [1.82, 2.24) is 14.5 Å². The molecule has 23 heavy (non-hydrogen) atoms. The lowest BCUT2D eigenvalue weighted by Gasteiger charge is -2.16. The van der Waals surface area contributed by atoms with E-state index >= 15 is 0 Å². The molecule has 128 valence electrons. The molecule has 0 aliphatic carbocycles. The Morgan fingerprint density at radius 1 is 1.35 bits per heavy atom. The Balaban J connectivity index is 2.13. The largest absolute Gasteiger partial charge is 0.367 e. The third-order valence-corrected chi connectivity index (χ3v) is 5.69. The molecule has 0 saturated carbocycles. The molecule has 0 aliphatic heterocycles. The van der Waals surface area contributed by atoms with E-state index in [0.29, 0.717) is 12.8 Å². The van der Waals surface area contributed by atoms with E-state index in [0.717, 1.165) is 35.9 Å². The third kappa shape index (κ3) is 5.19. The first-order valence-electron chi connectivity index (χ1n) is 8.17. The van der Waals surface area contributed by atoms with Crippen molar-refractivity contribution >= 4 is 36.5 Å². The molecule has 1 N–H and O–H groups in total. The fourth-order valence-corrected chi connectivity index (χ4v) is 3.05. The van der Waals surface area contributed by atoms with Gasteiger partial charge in [0.25, 0.3) is 0 Å². The summed E-state index contributed by atoms with van der Waals surface area (Å²) < 4.78 is 7.80. The van der Waals surface area contributed by atoms with Gasteiger partial charge in [0.15, 0.2) is 0 Å². The molecular weight excluding hydrogens is 328 g/mol. The summed E-state index contributed by atoms with van der Waals surface area (Å²) >= 11 is 6.09. The van der Waals surface area contributed by atoms with E-state index in [1.807, 2.05) is 16.8 Å². The maximum Gasteiger partial charge on any atom is 0.226 e. The number of ether oxygens (including phenoxy) is 1. The summed E-state index contributed by atoms with van der Waals surface area (Å²) in [4.78, 5) is 8.69. The summed E-state index contributed by atoms with van der Waals surface area (Å²) in [6.07, 6.45) is 3.00. The fraction of sp³-hybridized carbons (Fsp3) is 0.625. The van der Waals surface area contributed by atoms with Gasteiger partial charge in [0, 0.05) is 26.9 Å². The van der Waals surface area contributed by atoms with Crippen molar-refractivity contribution in [2.75, 3.05) is 11.9 Å². The minimum Gasteiger partial charge on any atom is -0.367 e. The summed E-state index contributed by atoms with van der Waals surface area (Å²) in [5.74, 6) is 0.787. The number of anilines is 1. The second-order valence-corrected chi connectivity index (χ2v) is 13.1. The zero-order valence-electron chi connectivity index (χ0n) is 14.7. The first-order valence-corrected chi connectivity index (χ1v) is 12.3. The van der Waals surface area contributed by atoms with E-state index in [4.69, 9.17) is 16.3 Å². The average Bonchev–Trinajstić information content (AvgIpc) is 2.85. The summed E-state index contributed by atoms with van der Waals surface area (Å²) in [6.45, 7) is 12.6. The van der Waals surface area contributed by atoms with Crippen LogP contribution in [0.1, 0.15) is 20.3 Å². The topological polar surface area (TPSA) is 52.0 Å². The molecule has 0 unspecified atom stereocenters. The highest BCUT2D eigenvalue weighted by Gasteiger charge is 2.14. The lowest BCUT2D eigenvalue weighted by atomic mass is 10.2. The van der Waals surface area contributed by atoms with Gasteiger partial charge in [-0.25, -0.2) is 4.98 Å². The fourth-order valence-electron chi connectivity index (χ4n) is 2.13. The van der Waals surface area contributed by atoms with E-state index in [1.165, 1.54) is 0 Å². The van der Waals surface area contributed by atoms with Crippen molar-refractivity contribution in [3.63, 3.8) is 0 Å². The van der Waals surface area contributed by atoms with Gasteiger partial charge in [0.1, 0.15) is 18.2 Å². The summed E-state index contributed by atoms with van der Waals surface area (Å²) in [6, 6.07) is 3.50. The van der Waals surface area contributed by atoms with Crippen LogP contribution in [0, 0.1) is 0 Å². The summed E-state index contributed by atoms with van der Waals surface area (Å²) in [7, 11) is -1.06. The van der Waals surface area contributed by atoms with E-state index < -0.39 is 8.07 Å². The maximum absolute atomic E-state index is 6.09.